The molecule has 0 saturated carbocycles. The minimum Gasteiger partial charge on any atom is -0.495 e. The smallest absolute Gasteiger partial charge is 0.315 e. The van der Waals surface area contributed by atoms with Crippen LogP contribution in [-0.4, -0.2) is 23.9 Å². The van der Waals surface area contributed by atoms with Crippen molar-refractivity contribution in [2.75, 3.05) is 17.7 Å². The van der Waals surface area contributed by atoms with Crippen molar-refractivity contribution in [1.29, 1.82) is 0 Å². The molecule has 0 atom stereocenters. The molecule has 0 radical (unpaired) electrons. The summed E-state index contributed by atoms with van der Waals surface area (Å²) in [6.07, 6.45) is 1.61. The first-order valence-corrected chi connectivity index (χ1v) is 6.69. The van der Waals surface area contributed by atoms with Gasteiger partial charge in [-0.25, -0.2) is 4.98 Å². The van der Waals surface area contributed by atoms with Crippen LogP contribution >= 0.6 is 0 Å². The van der Waals surface area contributed by atoms with Crippen LogP contribution in [0.5, 0.6) is 5.75 Å². The van der Waals surface area contributed by atoms with Crippen molar-refractivity contribution in [2.45, 2.75) is 13.8 Å². The third kappa shape index (κ3) is 3.82. The molecule has 114 valence electrons. The lowest BCUT2D eigenvalue weighted by molar-refractivity contribution is -0.133. The highest BCUT2D eigenvalue weighted by Gasteiger charge is 2.16. The van der Waals surface area contributed by atoms with E-state index in [0.29, 0.717) is 17.3 Å². The lowest BCUT2D eigenvalue weighted by Gasteiger charge is -2.11. The first-order chi connectivity index (χ1) is 10.5. The van der Waals surface area contributed by atoms with E-state index in [4.69, 9.17) is 4.74 Å². The normalized spacial score (nSPS) is 9.95. The molecule has 2 rings (SSSR count). The molecule has 0 aliphatic heterocycles. The number of methoxy groups -OCH3 is 1. The van der Waals surface area contributed by atoms with Gasteiger partial charge in [0.15, 0.2) is 0 Å². The van der Waals surface area contributed by atoms with E-state index in [1.54, 1.807) is 30.5 Å². The summed E-state index contributed by atoms with van der Waals surface area (Å²) in [6.45, 7) is 3.76. The average molecular weight is 299 g/mol. The van der Waals surface area contributed by atoms with Crippen LogP contribution in [-0.2, 0) is 9.59 Å². The van der Waals surface area contributed by atoms with Crippen molar-refractivity contribution in [1.82, 2.24) is 4.98 Å². The van der Waals surface area contributed by atoms with Gasteiger partial charge in [-0.05, 0) is 43.2 Å². The predicted octanol–water partition coefficient (Wildman–Crippen LogP) is 2.28. The van der Waals surface area contributed by atoms with E-state index in [1.807, 2.05) is 19.9 Å². The van der Waals surface area contributed by atoms with Crippen LogP contribution in [0.25, 0.3) is 0 Å². The third-order valence-electron chi connectivity index (χ3n) is 2.96. The zero-order chi connectivity index (χ0) is 16.1. The topological polar surface area (TPSA) is 80.3 Å². The number of amides is 2. The Kier molecular flexibility index (Phi) is 4.73. The van der Waals surface area contributed by atoms with Gasteiger partial charge < -0.3 is 15.4 Å². The first kappa shape index (κ1) is 15.5. The highest BCUT2D eigenvalue weighted by Crippen LogP contribution is 2.25. The van der Waals surface area contributed by atoms with Gasteiger partial charge in [0.2, 0.25) is 0 Å². The number of aromatic nitrogens is 1. The van der Waals surface area contributed by atoms with Gasteiger partial charge >= 0.3 is 11.8 Å². The van der Waals surface area contributed by atoms with Crippen LogP contribution < -0.4 is 15.4 Å². The Morgan fingerprint density at radius 1 is 1.00 bits per heavy atom. The Hall–Kier alpha value is -2.89. The summed E-state index contributed by atoms with van der Waals surface area (Å²) in [6, 6.07) is 8.74. The largest absolute Gasteiger partial charge is 0.495 e. The number of pyridine rings is 1. The molecule has 0 bridgehead atoms. The van der Waals surface area contributed by atoms with Crippen molar-refractivity contribution < 1.29 is 14.3 Å². The van der Waals surface area contributed by atoms with Gasteiger partial charge in [-0.3, -0.25) is 9.59 Å². The molecule has 1 aromatic carbocycles. The van der Waals surface area contributed by atoms with Gasteiger partial charge in [0.05, 0.1) is 12.8 Å². The summed E-state index contributed by atoms with van der Waals surface area (Å²) in [5.41, 5.74) is 2.35. The molecule has 6 nitrogen and oxygen atoms in total. The molecule has 0 fully saturated rings. The molecule has 0 aliphatic rings. The van der Waals surface area contributed by atoms with Crippen molar-refractivity contribution >= 4 is 23.3 Å². The fourth-order valence-corrected chi connectivity index (χ4v) is 1.81. The van der Waals surface area contributed by atoms with Crippen LogP contribution in [0.15, 0.2) is 36.5 Å². The zero-order valence-corrected chi connectivity index (χ0v) is 12.6. The lowest BCUT2D eigenvalue weighted by Crippen LogP contribution is -2.29. The Bertz CT molecular complexity index is 696. The third-order valence-corrected chi connectivity index (χ3v) is 2.96. The number of hydrogen-bond acceptors (Lipinski definition) is 4. The number of benzene rings is 1. The fraction of sp³-hybridized carbons (Fsp3) is 0.188. The molecule has 6 heteroatoms. The standard InChI is InChI=1S/C16H17N3O3/c1-10-4-6-13(22-3)12(8-10)18-15(20)16(21)19-14-7-5-11(2)9-17-14/h4-9H,1-3H3,(H,18,20)(H,17,19,21). The van der Waals surface area contributed by atoms with Crippen molar-refractivity contribution in [3.8, 4) is 5.75 Å². The van der Waals surface area contributed by atoms with Crippen LogP contribution in [0.4, 0.5) is 11.5 Å². The maximum Gasteiger partial charge on any atom is 0.315 e. The molecule has 2 N–H and O–H groups in total. The second kappa shape index (κ2) is 6.71. The number of rotatable bonds is 3. The molecule has 0 unspecified atom stereocenters. The molecule has 2 aromatic rings. The molecular formula is C16H17N3O3. The second-order valence-corrected chi connectivity index (χ2v) is 4.83. The monoisotopic (exact) mass is 299 g/mol. The van der Waals surface area contributed by atoms with E-state index in [1.165, 1.54) is 7.11 Å². The number of ether oxygens (including phenoxy) is 1. The molecule has 1 aromatic heterocycles. The predicted molar refractivity (Wildman–Crippen MR) is 84.0 cm³/mol. The number of anilines is 2. The van der Waals surface area contributed by atoms with E-state index in [-0.39, 0.29) is 0 Å². The first-order valence-electron chi connectivity index (χ1n) is 6.69. The van der Waals surface area contributed by atoms with Crippen LogP contribution in [0, 0.1) is 13.8 Å². The molecular weight excluding hydrogens is 282 g/mol. The van der Waals surface area contributed by atoms with E-state index < -0.39 is 11.8 Å². The van der Waals surface area contributed by atoms with E-state index in [2.05, 4.69) is 15.6 Å². The van der Waals surface area contributed by atoms with E-state index in [9.17, 15) is 9.59 Å². The average Bonchev–Trinajstić information content (AvgIpc) is 2.49. The van der Waals surface area contributed by atoms with Gasteiger partial charge in [-0.2, -0.15) is 0 Å². The molecule has 0 spiro atoms. The Morgan fingerprint density at radius 3 is 2.32 bits per heavy atom. The Morgan fingerprint density at radius 2 is 1.68 bits per heavy atom. The van der Waals surface area contributed by atoms with Crippen LogP contribution in [0.1, 0.15) is 11.1 Å². The number of nitrogens with one attached hydrogen (secondary N) is 2. The minimum absolute atomic E-state index is 0.321. The van der Waals surface area contributed by atoms with Gasteiger partial charge in [0.1, 0.15) is 11.6 Å². The SMILES string of the molecule is COc1ccc(C)cc1NC(=O)C(=O)Nc1ccc(C)cn1. The van der Waals surface area contributed by atoms with E-state index >= 15 is 0 Å². The lowest BCUT2D eigenvalue weighted by atomic mass is 10.2. The van der Waals surface area contributed by atoms with Gasteiger partial charge in [0, 0.05) is 6.20 Å². The maximum absolute atomic E-state index is 12.0. The number of aryl methyl sites for hydroxylation is 2. The molecule has 2 amide bonds. The highest BCUT2D eigenvalue weighted by atomic mass is 16.5. The van der Waals surface area contributed by atoms with Gasteiger partial charge in [-0.1, -0.05) is 12.1 Å². The fourth-order valence-electron chi connectivity index (χ4n) is 1.81. The number of hydrogen-bond donors (Lipinski definition) is 2. The summed E-state index contributed by atoms with van der Waals surface area (Å²) < 4.78 is 5.15. The van der Waals surface area contributed by atoms with Crippen LogP contribution in [0.2, 0.25) is 0 Å². The number of nitrogens with zero attached hydrogens (tertiary/aromatic N) is 1. The Labute approximate surface area is 128 Å². The molecule has 0 saturated heterocycles. The number of carbonyl (C=O) groups excluding carboxylic acids is 2. The Balaban J connectivity index is 2.07. The summed E-state index contributed by atoms with van der Waals surface area (Å²) in [5, 5.41) is 4.97. The molecule has 22 heavy (non-hydrogen) atoms. The summed E-state index contributed by atoms with van der Waals surface area (Å²) in [4.78, 5) is 27.9. The minimum atomic E-state index is -0.792. The van der Waals surface area contributed by atoms with Gasteiger partial charge in [-0.15, -0.1) is 0 Å². The maximum atomic E-state index is 12.0. The number of carbonyl (C=O) groups is 2. The zero-order valence-electron chi connectivity index (χ0n) is 12.6. The molecule has 1 heterocycles. The second-order valence-electron chi connectivity index (χ2n) is 4.83. The quantitative estimate of drug-likeness (QED) is 0.852. The summed E-state index contributed by atoms with van der Waals surface area (Å²) >= 11 is 0. The van der Waals surface area contributed by atoms with Crippen molar-refractivity contribution in [2.24, 2.45) is 0 Å². The van der Waals surface area contributed by atoms with Crippen molar-refractivity contribution in [3.05, 3.63) is 47.7 Å². The summed E-state index contributed by atoms with van der Waals surface area (Å²) in [7, 11) is 1.50. The van der Waals surface area contributed by atoms with Crippen LogP contribution in [0.3, 0.4) is 0 Å². The van der Waals surface area contributed by atoms with Gasteiger partial charge in [0.25, 0.3) is 0 Å². The summed E-state index contributed by atoms with van der Waals surface area (Å²) in [5.74, 6) is -0.770. The van der Waals surface area contributed by atoms with E-state index in [0.717, 1.165) is 11.1 Å². The highest BCUT2D eigenvalue weighted by molar-refractivity contribution is 6.43. The van der Waals surface area contributed by atoms with Crippen molar-refractivity contribution in [3.63, 3.8) is 0 Å². The molecule has 0 aliphatic carbocycles.